The van der Waals surface area contributed by atoms with E-state index in [-0.39, 0.29) is 30.9 Å². The molecule has 1 amide bonds. The van der Waals surface area contributed by atoms with Crippen LogP contribution in [0.5, 0.6) is 5.75 Å². The Morgan fingerprint density at radius 1 is 1.00 bits per heavy atom. The van der Waals surface area contributed by atoms with Crippen LogP contribution in [-0.2, 0) is 20.9 Å². The minimum Gasteiger partial charge on any atom is -0.755 e. The highest BCUT2D eigenvalue weighted by Gasteiger charge is 2.26. The van der Waals surface area contributed by atoms with E-state index >= 15 is 0 Å². The smallest absolute Gasteiger partial charge is 0.327 e. The molecule has 0 spiro atoms. The van der Waals surface area contributed by atoms with Gasteiger partial charge in [0.2, 0.25) is 0 Å². The molecule has 39 heavy (non-hydrogen) atoms. The molecule has 3 aromatic rings. The van der Waals surface area contributed by atoms with Gasteiger partial charge in [0.1, 0.15) is 11.8 Å². The van der Waals surface area contributed by atoms with E-state index in [9.17, 15) is 33.6 Å². The number of nitro groups is 1. The molecular formula is C26H25BrN3O8S-. The predicted molar refractivity (Wildman–Crippen MR) is 148 cm³/mol. The van der Waals surface area contributed by atoms with Crippen LogP contribution in [0.1, 0.15) is 19.3 Å². The Balaban J connectivity index is 1.49. The minimum absolute atomic E-state index is 0.0347. The van der Waals surface area contributed by atoms with Gasteiger partial charge in [-0.05, 0) is 66.8 Å². The first-order chi connectivity index (χ1) is 18.7. The molecule has 13 heteroatoms. The number of hydrogen-bond acceptors (Lipinski definition) is 7. The highest BCUT2D eigenvalue weighted by Crippen LogP contribution is 2.27. The van der Waals surface area contributed by atoms with E-state index in [1.54, 1.807) is 24.3 Å². The molecule has 3 aromatic carbocycles. The fourth-order valence-electron chi connectivity index (χ4n) is 3.71. The summed E-state index contributed by atoms with van der Waals surface area (Å²) < 4.78 is 31.1. The molecule has 2 N–H and O–H groups in total. The number of ether oxygens (including phenoxy) is 1. The molecule has 0 radical (unpaired) electrons. The number of carboxylic acids is 1. The van der Waals surface area contributed by atoms with E-state index in [1.807, 2.05) is 24.3 Å². The van der Waals surface area contributed by atoms with Crippen LogP contribution >= 0.6 is 15.9 Å². The summed E-state index contributed by atoms with van der Waals surface area (Å²) in [5.74, 6) is -1.40. The zero-order valence-corrected chi connectivity index (χ0v) is 22.9. The molecule has 0 aliphatic heterocycles. The molecule has 0 aliphatic rings. The summed E-state index contributed by atoms with van der Waals surface area (Å²) in [5.41, 5.74) is 1.91. The Labute approximate surface area is 235 Å². The minimum atomic E-state index is -2.83. The fourth-order valence-corrected chi connectivity index (χ4v) is 4.67. The predicted octanol–water partition coefficient (Wildman–Crippen LogP) is 4.44. The van der Waals surface area contributed by atoms with Crippen molar-refractivity contribution in [1.29, 1.82) is 0 Å². The standard InChI is InChI=1S/C26H26BrN3O8S/c27-20-8-4-18(5-9-20)19-6-10-21(11-7-19)29(39(36)37)24(26(32)33)3-1-2-16-28-25(31)17-38-23-14-12-22(13-15-23)30(34)35/h4-15,24H,1-3,16-17H2,(H,28,31)(H,32,33)(H,36,37)/p-1. The number of nitro benzene ring substituents is 1. The molecule has 2 unspecified atom stereocenters. The van der Waals surface area contributed by atoms with Gasteiger partial charge in [-0.2, -0.15) is 0 Å². The molecule has 0 aromatic heterocycles. The van der Waals surface area contributed by atoms with Crippen LogP contribution in [0.2, 0.25) is 0 Å². The van der Waals surface area contributed by atoms with Crippen LogP contribution in [0.4, 0.5) is 11.4 Å². The molecule has 0 fully saturated rings. The summed E-state index contributed by atoms with van der Waals surface area (Å²) >= 11 is 0.552. The maximum absolute atomic E-state index is 12.0. The topological polar surface area (TPSA) is 162 Å². The number of nitrogens with zero attached hydrogens (tertiary/aromatic N) is 2. The number of halogens is 1. The molecule has 11 nitrogen and oxygen atoms in total. The number of carbonyl (C=O) groups excluding carboxylic acids is 1. The number of non-ortho nitro benzene ring substituents is 1. The van der Waals surface area contributed by atoms with Gasteiger partial charge in [-0.3, -0.25) is 23.4 Å². The third kappa shape index (κ3) is 8.87. The number of aliphatic carboxylic acids is 1. The second-order valence-corrected chi connectivity index (χ2v) is 10.1. The van der Waals surface area contributed by atoms with Gasteiger partial charge in [-0.15, -0.1) is 0 Å². The van der Waals surface area contributed by atoms with Crippen LogP contribution in [0.25, 0.3) is 11.1 Å². The Bertz CT molecular complexity index is 1300. The van der Waals surface area contributed by atoms with Crippen molar-refractivity contribution < 1.29 is 33.1 Å². The summed E-state index contributed by atoms with van der Waals surface area (Å²) in [6, 6.07) is 18.2. The molecule has 0 bridgehead atoms. The number of nitrogens with one attached hydrogen (secondary N) is 1. The van der Waals surface area contributed by atoms with Crippen LogP contribution < -0.4 is 14.4 Å². The third-order valence-corrected chi connectivity index (χ3v) is 6.99. The Kier molecular flexibility index (Phi) is 11.0. The van der Waals surface area contributed by atoms with E-state index in [4.69, 9.17) is 4.74 Å². The number of unbranched alkanes of at least 4 members (excludes halogenated alkanes) is 1. The first kappa shape index (κ1) is 29.7. The second-order valence-electron chi connectivity index (χ2n) is 8.34. The van der Waals surface area contributed by atoms with Crippen molar-refractivity contribution in [3.05, 3.63) is 87.4 Å². The van der Waals surface area contributed by atoms with Crippen LogP contribution in [0.15, 0.2) is 77.3 Å². The quantitative estimate of drug-likeness (QED) is 0.116. The first-order valence-electron chi connectivity index (χ1n) is 11.8. The van der Waals surface area contributed by atoms with Crippen molar-refractivity contribution in [2.24, 2.45) is 0 Å². The van der Waals surface area contributed by atoms with Crippen LogP contribution in [-0.4, -0.2) is 49.9 Å². The number of rotatable bonds is 14. The van der Waals surface area contributed by atoms with Gasteiger partial charge in [0, 0.05) is 40.1 Å². The van der Waals surface area contributed by atoms with Gasteiger partial charge < -0.3 is 19.7 Å². The zero-order valence-electron chi connectivity index (χ0n) is 20.5. The van der Waals surface area contributed by atoms with Gasteiger partial charge >= 0.3 is 5.97 Å². The number of carbonyl (C=O) groups is 2. The van der Waals surface area contributed by atoms with E-state index in [2.05, 4.69) is 21.2 Å². The molecule has 2 atom stereocenters. The van der Waals surface area contributed by atoms with Crippen molar-refractivity contribution in [3.8, 4) is 16.9 Å². The number of anilines is 1. The summed E-state index contributed by atoms with van der Waals surface area (Å²) in [6.45, 7) is -0.0636. The molecular weight excluding hydrogens is 594 g/mol. The van der Waals surface area contributed by atoms with Crippen LogP contribution in [0.3, 0.4) is 0 Å². The van der Waals surface area contributed by atoms with Gasteiger partial charge in [0.25, 0.3) is 11.6 Å². The second kappa shape index (κ2) is 14.4. The Morgan fingerprint density at radius 2 is 1.59 bits per heavy atom. The molecule has 3 rings (SSSR count). The fraction of sp³-hybridized carbons (Fsp3) is 0.231. The Morgan fingerprint density at radius 3 is 2.13 bits per heavy atom. The summed E-state index contributed by atoms with van der Waals surface area (Å²) in [4.78, 5) is 34.1. The van der Waals surface area contributed by atoms with Crippen molar-refractivity contribution in [1.82, 2.24) is 5.32 Å². The van der Waals surface area contributed by atoms with E-state index < -0.39 is 34.1 Å². The zero-order chi connectivity index (χ0) is 28.4. The highest BCUT2D eigenvalue weighted by molar-refractivity contribution is 9.10. The monoisotopic (exact) mass is 618 g/mol. The normalized spacial score (nSPS) is 12.3. The number of benzene rings is 3. The largest absolute Gasteiger partial charge is 0.755 e. The van der Waals surface area contributed by atoms with Crippen molar-refractivity contribution >= 4 is 50.4 Å². The van der Waals surface area contributed by atoms with E-state index in [1.165, 1.54) is 24.3 Å². The lowest BCUT2D eigenvalue weighted by Gasteiger charge is -2.32. The molecule has 0 heterocycles. The molecule has 0 aliphatic carbocycles. The SMILES string of the molecule is O=C(COc1ccc([N+](=O)[O-])cc1)NCCCCC(C(=O)O)N(c1ccc(-c2ccc(Br)cc2)cc1)S(=O)[O-]. The maximum atomic E-state index is 12.0. The average Bonchev–Trinajstić information content (AvgIpc) is 2.91. The van der Waals surface area contributed by atoms with Gasteiger partial charge in [-0.1, -0.05) is 40.2 Å². The highest BCUT2D eigenvalue weighted by atomic mass is 79.9. The first-order valence-corrected chi connectivity index (χ1v) is 13.6. The maximum Gasteiger partial charge on any atom is 0.327 e. The lowest BCUT2D eigenvalue weighted by atomic mass is 10.0. The molecule has 0 saturated carbocycles. The van der Waals surface area contributed by atoms with Crippen LogP contribution in [0, 0.1) is 10.1 Å². The lowest BCUT2D eigenvalue weighted by molar-refractivity contribution is -0.384. The number of hydrogen-bond donors (Lipinski definition) is 2. The summed E-state index contributed by atoms with van der Waals surface area (Å²) in [6.07, 6.45) is 0.785. The van der Waals surface area contributed by atoms with E-state index in [0.29, 0.717) is 18.6 Å². The third-order valence-electron chi connectivity index (χ3n) is 5.67. The summed E-state index contributed by atoms with van der Waals surface area (Å²) in [7, 11) is 0. The van der Waals surface area contributed by atoms with Gasteiger partial charge in [0.15, 0.2) is 6.61 Å². The molecule has 0 saturated heterocycles. The van der Waals surface area contributed by atoms with E-state index in [0.717, 1.165) is 19.9 Å². The van der Waals surface area contributed by atoms with Crippen molar-refractivity contribution in [2.75, 3.05) is 17.5 Å². The van der Waals surface area contributed by atoms with Crippen molar-refractivity contribution in [2.45, 2.75) is 25.3 Å². The molecule has 206 valence electrons. The average molecular weight is 619 g/mol. The number of amides is 1. The van der Waals surface area contributed by atoms with Gasteiger partial charge in [-0.25, -0.2) is 4.79 Å². The Hall–Kier alpha value is -3.81. The van der Waals surface area contributed by atoms with Crippen molar-refractivity contribution in [3.63, 3.8) is 0 Å². The number of carboxylic acid groups (broad SMARTS) is 1. The van der Waals surface area contributed by atoms with Gasteiger partial charge in [0.05, 0.1) is 4.92 Å². The summed E-state index contributed by atoms with van der Waals surface area (Å²) in [5, 5.41) is 23.1. The lowest BCUT2D eigenvalue weighted by Crippen LogP contribution is -2.42.